The minimum absolute atomic E-state index is 0.378. The van der Waals surface area contributed by atoms with Crippen LogP contribution in [0.25, 0.3) is 0 Å². The Hall–Kier alpha value is -1.06. The van der Waals surface area contributed by atoms with Crippen molar-refractivity contribution in [3.05, 3.63) is 30.3 Å². The normalized spacial score (nSPS) is 22.1. The molecular formula is C17H28N2O. The Balaban J connectivity index is 1.78. The summed E-state index contributed by atoms with van der Waals surface area (Å²) in [5, 5.41) is 3.46. The average molecular weight is 276 g/mol. The van der Waals surface area contributed by atoms with E-state index in [9.17, 15) is 0 Å². The van der Waals surface area contributed by atoms with Gasteiger partial charge >= 0.3 is 0 Å². The van der Waals surface area contributed by atoms with E-state index in [0.29, 0.717) is 12.2 Å². The van der Waals surface area contributed by atoms with Crippen molar-refractivity contribution < 1.29 is 4.74 Å². The van der Waals surface area contributed by atoms with Crippen LogP contribution in [0.4, 0.5) is 5.69 Å². The van der Waals surface area contributed by atoms with E-state index in [1.807, 2.05) is 0 Å². The van der Waals surface area contributed by atoms with Crippen LogP contribution < -0.4 is 10.2 Å². The Morgan fingerprint density at radius 1 is 1.15 bits per heavy atom. The number of likely N-dealkylation sites (N-methyl/N-ethyl adjacent to an activating group) is 1. The predicted octanol–water partition coefficient (Wildman–Crippen LogP) is 3.06. The molecule has 2 rings (SSSR count). The fourth-order valence-corrected chi connectivity index (χ4v) is 2.81. The van der Waals surface area contributed by atoms with Crippen molar-refractivity contribution in [1.82, 2.24) is 5.32 Å². The molecule has 2 unspecified atom stereocenters. The third-order valence-corrected chi connectivity index (χ3v) is 3.92. The summed E-state index contributed by atoms with van der Waals surface area (Å²) < 4.78 is 6.16. The molecule has 0 radical (unpaired) electrons. The molecule has 1 aliphatic heterocycles. The van der Waals surface area contributed by atoms with Crippen LogP contribution in [0, 0.1) is 0 Å². The molecule has 1 aromatic carbocycles. The molecule has 0 aromatic heterocycles. The van der Waals surface area contributed by atoms with E-state index in [2.05, 4.69) is 54.4 Å². The SMILES string of the molecule is CCCNCC1CCC(CN(CC)c2ccccc2)O1. The van der Waals surface area contributed by atoms with Crippen LogP contribution in [-0.4, -0.2) is 38.4 Å². The third kappa shape index (κ3) is 4.50. The molecular weight excluding hydrogens is 248 g/mol. The summed E-state index contributed by atoms with van der Waals surface area (Å²) in [4.78, 5) is 2.41. The number of hydrogen-bond donors (Lipinski definition) is 1. The van der Waals surface area contributed by atoms with Crippen LogP contribution in [0.3, 0.4) is 0 Å². The molecule has 1 saturated heterocycles. The van der Waals surface area contributed by atoms with Gasteiger partial charge in [0.25, 0.3) is 0 Å². The van der Waals surface area contributed by atoms with Gasteiger partial charge in [0.1, 0.15) is 0 Å². The van der Waals surface area contributed by atoms with Crippen molar-refractivity contribution in [3.8, 4) is 0 Å². The molecule has 3 heteroatoms. The van der Waals surface area contributed by atoms with Crippen molar-refractivity contribution in [3.63, 3.8) is 0 Å². The lowest BCUT2D eigenvalue weighted by molar-refractivity contribution is 0.0496. The predicted molar refractivity (Wildman–Crippen MR) is 85.4 cm³/mol. The van der Waals surface area contributed by atoms with Gasteiger partial charge in [0.2, 0.25) is 0 Å². The van der Waals surface area contributed by atoms with Crippen molar-refractivity contribution in [1.29, 1.82) is 0 Å². The lowest BCUT2D eigenvalue weighted by Gasteiger charge is -2.26. The maximum atomic E-state index is 6.16. The summed E-state index contributed by atoms with van der Waals surface area (Å²) in [7, 11) is 0. The molecule has 112 valence electrons. The minimum atomic E-state index is 0.378. The number of nitrogens with zero attached hydrogens (tertiary/aromatic N) is 1. The second kappa shape index (κ2) is 8.28. The van der Waals surface area contributed by atoms with Gasteiger partial charge in [-0.15, -0.1) is 0 Å². The molecule has 2 atom stereocenters. The van der Waals surface area contributed by atoms with Gasteiger partial charge in [-0.3, -0.25) is 0 Å². The van der Waals surface area contributed by atoms with Gasteiger partial charge in [-0.25, -0.2) is 0 Å². The first kappa shape index (κ1) is 15.3. The number of benzene rings is 1. The molecule has 0 spiro atoms. The molecule has 1 N–H and O–H groups in total. The molecule has 20 heavy (non-hydrogen) atoms. The molecule has 0 saturated carbocycles. The molecule has 3 nitrogen and oxygen atoms in total. The van der Waals surface area contributed by atoms with E-state index in [0.717, 1.165) is 26.2 Å². The topological polar surface area (TPSA) is 24.5 Å². The summed E-state index contributed by atoms with van der Waals surface area (Å²) in [6.45, 7) is 8.54. The molecule has 1 fully saturated rings. The first-order valence-electron chi connectivity index (χ1n) is 7.99. The van der Waals surface area contributed by atoms with E-state index >= 15 is 0 Å². The van der Waals surface area contributed by atoms with Crippen LogP contribution >= 0.6 is 0 Å². The first-order valence-corrected chi connectivity index (χ1v) is 7.99. The van der Waals surface area contributed by atoms with Gasteiger partial charge in [-0.1, -0.05) is 25.1 Å². The summed E-state index contributed by atoms with van der Waals surface area (Å²) in [6, 6.07) is 10.6. The van der Waals surface area contributed by atoms with Crippen molar-refractivity contribution in [2.75, 3.05) is 31.1 Å². The Bertz CT molecular complexity index is 369. The van der Waals surface area contributed by atoms with Crippen LogP contribution in [0.1, 0.15) is 33.1 Å². The highest BCUT2D eigenvalue weighted by molar-refractivity contribution is 5.45. The van der Waals surface area contributed by atoms with Crippen LogP contribution in [0.5, 0.6) is 0 Å². The van der Waals surface area contributed by atoms with E-state index < -0.39 is 0 Å². The quantitative estimate of drug-likeness (QED) is 0.739. The number of nitrogens with one attached hydrogen (secondary N) is 1. The monoisotopic (exact) mass is 276 g/mol. The van der Waals surface area contributed by atoms with Crippen molar-refractivity contribution >= 4 is 5.69 Å². The van der Waals surface area contributed by atoms with Gasteiger partial charge < -0.3 is 15.0 Å². The first-order chi connectivity index (χ1) is 9.83. The third-order valence-electron chi connectivity index (χ3n) is 3.92. The molecule has 0 bridgehead atoms. The van der Waals surface area contributed by atoms with Crippen molar-refractivity contribution in [2.24, 2.45) is 0 Å². The zero-order valence-corrected chi connectivity index (χ0v) is 12.8. The largest absolute Gasteiger partial charge is 0.372 e. The maximum Gasteiger partial charge on any atom is 0.0755 e. The zero-order valence-electron chi connectivity index (χ0n) is 12.8. The molecule has 1 heterocycles. The lowest BCUT2D eigenvalue weighted by Crippen LogP contribution is -2.34. The number of ether oxygens (including phenoxy) is 1. The van der Waals surface area contributed by atoms with Crippen LogP contribution in [0.2, 0.25) is 0 Å². The highest BCUT2D eigenvalue weighted by Crippen LogP contribution is 2.22. The Morgan fingerprint density at radius 2 is 1.90 bits per heavy atom. The van der Waals surface area contributed by atoms with Crippen LogP contribution in [0.15, 0.2) is 30.3 Å². The lowest BCUT2D eigenvalue weighted by atomic mass is 10.1. The second-order valence-electron chi connectivity index (χ2n) is 5.54. The zero-order chi connectivity index (χ0) is 14.2. The summed E-state index contributed by atoms with van der Waals surface area (Å²) in [5.74, 6) is 0. The van der Waals surface area contributed by atoms with Crippen molar-refractivity contribution in [2.45, 2.75) is 45.3 Å². The van der Waals surface area contributed by atoms with Gasteiger partial charge in [-0.2, -0.15) is 0 Å². The number of para-hydroxylation sites is 1. The molecule has 0 aliphatic carbocycles. The van der Waals surface area contributed by atoms with E-state index in [1.165, 1.54) is 24.9 Å². The van der Waals surface area contributed by atoms with Gasteiger partial charge in [0, 0.05) is 25.3 Å². The van der Waals surface area contributed by atoms with E-state index in [4.69, 9.17) is 4.74 Å². The molecule has 1 aliphatic rings. The Kier molecular flexibility index (Phi) is 6.34. The second-order valence-corrected chi connectivity index (χ2v) is 5.54. The summed E-state index contributed by atoms with van der Waals surface area (Å²) in [5.41, 5.74) is 1.30. The van der Waals surface area contributed by atoms with Gasteiger partial charge in [-0.05, 0) is 44.9 Å². The fraction of sp³-hybridized carbons (Fsp3) is 0.647. The smallest absolute Gasteiger partial charge is 0.0755 e. The number of hydrogen-bond acceptors (Lipinski definition) is 3. The number of anilines is 1. The van der Waals surface area contributed by atoms with Crippen LogP contribution in [-0.2, 0) is 4.74 Å². The maximum absolute atomic E-state index is 6.16. The number of rotatable bonds is 8. The van der Waals surface area contributed by atoms with Gasteiger partial charge in [0.15, 0.2) is 0 Å². The summed E-state index contributed by atoms with van der Waals surface area (Å²) in [6.07, 6.45) is 4.34. The Morgan fingerprint density at radius 3 is 2.60 bits per heavy atom. The van der Waals surface area contributed by atoms with E-state index in [1.54, 1.807) is 0 Å². The highest BCUT2D eigenvalue weighted by Gasteiger charge is 2.26. The van der Waals surface area contributed by atoms with Gasteiger partial charge in [0.05, 0.1) is 12.2 Å². The molecule has 0 amide bonds. The standard InChI is InChI=1S/C17H28N2O/c1-3-12-18-13-16-10-11-17(20-16)14-19(4-2)15-8-6-5-7-9-15/h5-9,16-18H,3-4,10-14H2,1-2H3. The summed E-state index contributed by atoms with van der Waals surface area (Å²) >= 11 is 0. The fourth-order valence-electron chi connectivity index (χ4n) is 2.81. The highest BCUT2D eigenvalue weighted by atomic mass is 16.5. The molecule has 1 aromatic rings. The van der Waals surface area contributed by atoms with E-state index in [-0.39, 0.29) is 0 Å². The minimum Gasteiger partial charge on any atom is -0.372 e. The average Bonchev–Trinajstić information content (AvgIpc) is 2.93. The Labute approximate surface area is 123 Å².